The fourth-order valence-electron chi connectivity index (χ4n) is 2.96. The Morgan fingerprint density at radius 1 is 1.10 bits per heavy atom. The predicted molar refractivity (Wildman–Crippen MR) is 106 cm³/mol. The summed E-state index contributed by atoms with van der Waals surface area (Å²) in [4.78, 5) is 17.1. The molecule has 3 aromatic rings. The number of hydrogen-bond acceptors (Lipinski definition) is 5. The highest BCUT2D eigenvalue weighted by Gasteiger charge is 2.16. The topological polar surface area (TPSA) is 80.7 Å². The van der Waals surface area contributed by atoms with E-state index in [-0.39, 0.29) is 24.8 Å². The van der Waals surface area contributed by atoms with Crippen LogP contribution in [0.3, 0.4) is 0 Å². The van der Waals surface area contributed by atoms with E-state index in [0.29, 0.717) is 33.7 Å². The van der Waals surface area contributed by atoms with Crippen molar-refractivity contribution in [3.05, 3.63) is 77.2 Å². The van der Waals surface area contributed by atoms with Gasteiger partial charge in [-0.05, 0) is 42.0 Å². The molecule has 0 spiro atoms. The molecule has 150 valence electrons. The molecule has 7 heteroatoms. The Morgan fingerprint density at radius 2 is 1.86 bits per heavy atom. The van der Waals surface area contributed by atoms with Crippen molar-refractivity contribution >= 4 is 5.91 Å². The summed E-state index contributed by atoms with van der Waals surface area (Å²) < 4.78 is 24.0. The van der Waals surface area contributed by atoms with Crippen molar-refractivity contribution in [2.45, 2.75) is 13.2 Å². The Balaban J connectivity index is 1.85. The van der Waals surface area contributed by atoms with Gasteiger partial charge >= 0.3 is 0 Å². The Labute approximate surface area is 167 Å². The number of aliphatic hydroxyl groups is 1. The number of carbonyl (C=O) groups excluding carboxylic acids is 1. The summed E-state index contributed by atoms with van der Waals surface area (Å²) in [5, 5.41) is 12.3. The molecule has 3 rings (SSSR count). The maximum Gasteiger partial charge on any atom is 0.255 e. The standard InChI is InChI=1S/C22H21FN2O4/c1-28-19-8-6-15(21-16(13-26)4-3-9-24-21)11-17(19)22(27)25-12-14-5-7-20(29-2)18(23)10-14/h3-11,26H,12-13H2,1-2H3,(H,25,27). The molecule has 2 aromatic carbocycles. The van der Waals surface area contributed by atoms with Gasteiger partial charge in [0.15, 0.2) is 11.6 Å². The maximum atomic E-state index is 13.8. The number of aromatic nitrogens is 1. The van der Waals surface area contributed by atoms with Crippen molar-refractivity contribution in [1.82, 2.24) is 10.3 Å². The zero-order valence-corrected chi connectivity index (χ0v) is 16.1. The van der Waals surface area contributed by atoms with Crippen LogP contribution in [0, 0.1) is 5.82 Å². The van der Waals surface area contributed by atoms with Gasteiger partial charge in [-0.2, -0.15) is 0 Å². The fraction of sp³-hybridized carbons (Fsp3) is 0.182. The van der Waals surface area contributed by atoms with Gasteiger partial charge in [0.25, 0.3) is 5.91 Å². The van der Waals surface area contributed by atoms with Crippen LogP contribution in [0.1, 0.15) is 21.5 Å². The second-order valence-electron chi connectivity index (χ2n) is 6.24. The third-order valence-corrected chi connectivity index (χ3v) is 4.45. The molecule has 6 nitrogen and oxygen atoms in total. The van der Waals surface area contributed by atoms with Crippen LogP contribution in [0.2, 0.25) is 0 Å². The number of nitrogens with zero attached hydrogens (tertiary/aromatic N) is 1. The van der Waals surface area contributed by atoms with Crippen LogP contribution < -0.4 is 14.8 Å². The van der Waals surface area contributed by atoms with E-state index in [9.17, 15) is 14.3 Å². The molecule has 0 saturated heterocycles. The molecule has 1 aromatic heterocycles. The van der Waals surface area contributed by atoms with Gasteiger partial charge in [-0.25, -0.2) is 4.39 Å². The van der Waals surface area contributed by atoms with Crippen molar-refractivity contribution in [3.63, 3.8) is 0 Å². The van der Waals surface area contributed by atoms with E-state index < -0.39 is 5.82 Å². The summed E-state index contributed by atoms with van der Waals surface area (Å²) in [7, 11) is 2.87. The van der Waals surface area contributed by atoms with Crippen LogP contribution in [-0.4, -0.2) is 30.2 Å². The Kier molecular flexibility index (Phi) is 6.41. The van der Waals surface area contributed by atoms with E-state index in [0.717, 1.165) is 0 Å². The van der Waals surface area contributed by atoms with Crippen LogP contribution in [0.25, 0.3) is 11.3 Å². The van der Waals surface area contributed by atoms with Gasteiger partial charge in [-0.15, -0.1) is 0 Å². The van der Waals surface area contributed by atoms with Gasteiger partial charge in [0.1, 0.15) is 5.75 Å². The number of rotatable bonds is 7. The SMILES string of the molecule is COc1ccc(CNC(=O)c2cc(-c3ncccc3CO)ccc2OC)cc1F. The molecule has 0 radical (unpaired) electrons. The van der Waals surface area contributed by atoms with Crippen LogP contribution in [0.4, 0.5) is 4.39 Å². The molecular formula is C22H21FN2O4. The highest BCUT2D eigenvalue weighted by atomic mass is 19.1. The Bertz CT molecular complexity index is 1020. The molecule has 1 amide bonds. The third-order valence-electron chi connectivity index (χ3n) is 4.45. The molecule has 29 heavy (non-hydrogen) atoms. The Morgan fingerprint density at radius 3 is 2.55 bits per heavy atom. The van der Waals surface area contributed by atoms with E-state index in [1.165, 1.54) is 26.4 Å². The summed E-state index contributed by atoms with van der Waals surface area (Å²) in [6.45, 7) is -0.0294. The number of benzene rings is 2. The minimum Gasteiger partial charge on any atom is -0.496 e. The molecule has 0 aliphatic carbocycles. The first kappa shape index (κ1) is 20.3. The van der Waals surface area contributed by atoms with Crippen molar-refractivity contribution in [2.75, 3.05) is 14.2 Å². The normalized spacial score (nSPS) is 10.5. The number of nitrogens with one attached hydrogen (secondary N) is 1. The summed E-state index contributed by atoms with van der Waals surface area (Å²) in [6, 6.07) is 13.1. The van der Waals surface area contributed by atoms with E-state index >= 15 is 0 Å². The predicted octanol–water partition coefficient (Wildman–Crippen LogP) is 3.33. The van der Waals surface area contributed by atoms with Gasteiger partial charge in [-0.1, -0.05) is 12.1 Å². The number of hydrogen-bond donors (Lipinski definition) is 2. The van der Waals surface area contributed by atoms with Gasteiger partial charge < -0.3 is 19.9 Å². The third kappa shape index (κ3) is 4.52. The van der Waals surface area contributed by atoms with Crippen LogP contribution in [-0.2, 0) is 13.2 Å². The molecule has 0 aliphatic rings. The number of ether oxygens (including phenoxy) is 2. The average molecular weight is 396 g/mol. The van der Waals surface area contributed by atoms with Crippen molar-refractivity contribution in [2.24, 2.45) is 0 Å². The first-order chi connectivity index (χ1) is 14.1. The van der Waals surface area contributed by atoms with Crippen LogP contribution in [0.15, 0.2) is 54.7 Å². The van der Waals surface area contributed by atoms with Crippen molar-refractivity contribution in [1.29, 1.82) is 0 Å². The maximum absolute atomic E-state index is 13.8. The van der Waals surface area contributed by atoms with E-state index in [4.69, 9.17) is 9.47 Å². The van der Waals surface area contributed by atoms with Crippen molar-refractivity contribution in [3.8, 4) is 22.8 Å². The summed E-state index contributed by atoms with van der Waals surface area (Å²) in [6.07, 6.45) is 1.62. The zero-order valence-electron chi connectivity index (χ0n) is 16.1. The minimum atomic E-state index is -0.495. The van der Waals surface area contributed by atoms with Gasteiger partial charge in [0.05, 0.1) is 32.1 Å². The Hall–Kier alpha value is -3.45. The number of halogens is 1. The molecule has 0 unspecified atom stereocenters. The largest absolute Gasteiger partial charge is 0.496 e. The van der Waals surface area contributed by atoms with Crippen molar-refractivity contribution < 1.29 is 23.8 Å². The number of aliphatic hydroxyl groups excluding tert-OH is 1. The number of methoxy groups -OCH3 is 2. The lowest BCUT2D eigenvalue weighted by Crippen LogP contribution is -2.23. The number of carbonyl (C=O) groups is 1. The minimum absolute atomic E-state index is 0.138. The highest BCUT2D eigenvalue weighted by molar-refractivity contribution is 5.98. The highest BCUT2D eigenvalue weighted by Crippen LogP contribution is 2.28. The van der Waals surface area contributed by atoms with E-state index in [1.807, 2.05) is 0 Å². The summed E-state index contributed by atoms with van der Waals surface area (Å²) >= 11 is 0. The molecule has 0 saturated carbocycles. The summed E-state index contributed by atoms with van der Waals surface area (Å²) in [5.74, 6) is -0.329. The van der Waals surface area contributed by atoms with Crippen LogP contribution >= 0.6 is 0 Å². The van der Waals surface area contributed by atoms with E-state index in [2.05, 4.69) is 10.3 Å². The quantitative estimate of drug-likeness (QED) is 0.640. The molecule has 2 N–H and O–H groups in total. The molecule has 0 bridgehead atoms. The average Bonchev–Trinajstić information content (AvgIpc) is 2.77. The lowest BCUT2D eigenvalue weighted by atomic mass is 10.0. The van der Waals surface area contributed by atoms with Gasteiger partial charge in [0.2, 0.25) is 0 Å². The number of pyridine rings is 1. The zero-order chi connectivity index (χ0) is 20.8. The second kappa shape index (κ2) is 9.16. The molecule has 0 fully saturated rings. The second-order valence-corrected chi connectivity index (χ2v) is 6.24. The van der Waals surface area contributed by atoms with Gasteiger partial charge in [-0.3, -0.25) is 9.78 Å². The fourth-order valence-corrected chi connectivity index (χ4v) is 2.96. The van der Waals surface area contributed by atoms with Crippen LogP contribution in [0.5, 0.6) is 11.5 Å². The first-order valence-corrected chi connectivity index (χ1v) is 8.91. The number of amides is 1. The van der Waals surface area contributed by atoms with Gasteiger partial charge in [0, 0.05) is 23.9 Å². The molecular weight excluding hydrogens is 375 g/mol. The smallest absolute Gasteiger partial charge is 0.255 e. The molecule has 0 atom stereocenters. The molecule has 1 heterocycles. The summed E-state index contributed by atoms with van der Waals surface area (Å²) in [5.41, 5.74) is 2.82. The molecule has 0 aliphatic heterocycles. The lowest BCUT2D eigenvalue weighted by Gasteiger charge is -2.13. The first-order valence-electron chi connectivity index (χ1n) is 8.91. The van der Waals surface area contributed by atoms with E-state index in [1.54, 1.807) is 42.6 Å². The lowest BCUT2D eigenvalue weighted by molar-refractivity contribution is 0.0948. The monoisotopic (exact) mass is 396 g/mol.